The number of halogens is 1. The van der Waals surface area contributed by atoms with E-state index >= 15 is 0 Å². The largest absolute Gasteiger partial charge is 0.487 e. The van der Waals surface area contributed by atoms with Gasteiger partial charge in [-0.1, -0.05) is 30.3 Å². The van der Waals surface area contributed by atoms with E-state index in [9.17, 15) is 14.0 Å². The Morgan fingerprint density at radius 2 is 1.75 bits per heavy atom. The van der Waals surface area contributed by atoms with E-state index in [1.54, 1.807) is 28.0 Å². The molecule has 0 aliphatic carbocycles. The van der Waals surface area contributed by atoms with Crippen LogP contribution in [0.1, 0.15) is 24.8 Å². The molecule has 6 heteroatoms. The molecule has 0 radical (unpaired) electrons. The number of amides is 2. The summed E-state index contributed by atoms with van der Waals surface area (Å²) in [5.74, 6) is -0.190. The minimum absolute atomic E-state index is 0.00942. The molecule has 0 N–H and O–H groups in total. The molecule has 4 rings (SSSR count). The molecule has 0 saturated carbocycles. The number of fused-ring (bicyclic) bond motifs is 1. The summed E-state index contributed by atoms with van der Waals surface area (Å²) in [6.45, 7) is 1.15. The standard InChI is InChI=1S/C22H23FN2O3/c23-18-6-2-4-8-20(18)28-17-11-13-24(14-12-17)22(27)15-25-19-7-3-1-5-16(19)9-10-21(25)26/h1-8,17H,9-15H2. The molecule has 146 valence electrons. The van der Waals surface area contributed by atoms with Gasteiger partial charge in [0, 0.05) is 38.0 Å². The number of anilines is 1. The molecule has 2 heterocycles. The van der Waals surface area contributed by atoms with Crippen molar-refractivity contribution in [2.24, 2.45) is 0 Å². The van der Waals surface area contributed by atoms with Crippen LogP contribution < -0.4 is 9.64 Å². The third-order valence-corrected chi connectivity index (χ3v) is 5.41. The van der Waals surface area contributed by atoms with Crippen molar-refractivity contribution in [2.45, 2.75) is 31.8 Å². The first-order valence-electron chi connectivity index (χ1n) is 9.69. The fourth-order valence-electron chi connectivity index (χ4n) is 3.85. The van der Waals surface area contributed by atoms with Crippen molar-refractivity contribution in [2.75, 3.05) is 24.5 Å². The maximum atomic E-state index is 13.7. The van der Waals surface area contributed by atoms with Crippen molar-refractivity contribution in [1.82, 2.24) is 4.90 Å². The molecule has 2 amide bonds. The van der Waals surface area contributed by atoms with Crippen LogP contribution in [0.5, 0.6) is 5.75 Å². The summed E-state index contributed by atoms with van der Waals surface area (Å²) in [5, 5.41) is 0. The highest BCUT2D eigenvalue weighted by molar-refractivity contribution is 6.01. The van der Waals surface area contributed by atoms with Crippen LogP contribution in [-0.2, 0) is 16.0 Å². The second-order valence-electron chi connectivity index (χ2n) is 7.24. The quantitative estimate of drug-likeness (QED) is 0.816. The number of ether oxygens (including phenoxy) is 1. The van der Waals surface area contributed by atoms with E-state index in [0.717, 1.165) is 17.7 Å². The Bertz CT molecular complexity index is 878. The third-order valence-electron chi connectivity index (χ3n) is 5.41. The zero-order valence-electron chi connectivity index (χ0n) is 15.6. The van der Waals surface area contributed by atoms with E-state index < -0.39 is 0 Å². The molecule has 2 aliphatic rings. The van der Waals surface area contributed by atoms with E-state index in [2.05, 4.69) is 0 Å². The van der Waals surface area contributed by atoms with E-state index in [-0.39, 0.29) is 36.0 Å². The number of likely N-dealkylation sites (tertiary alicyclic amines) is 1. The number of rotatable bonds is 4. The lowest BCUT2D eigenvalue weighted by molar-refractivity contribution is -0.133. The van der Waals surface area contributed by atoms with Gasteiger partial charge in [-0.3, -0.25) is 9.59 Å². The molecular formula is C22H23FN2O3. The number of hydrogen-bond donors (Lipinski definition) is 0. The predicted molar refractivity (Wildman–Crippen MR) is 104 cm³/mol. The number of nitrogens with zero attached hydrogens (tertiary/aromatic N) is 2. The van der Waals surface area contributed by atoms with E-state index in [0.29, 0.717) is 32.4 Å². The molecule has 1 saturated heterocycles. The predicted octanol–water partition coefficient (Wildman–Crippen LogP) is 3.17. The molecule has 0 bridgehead atoms. The summed E-state index contributed by atoms with van der Waals surface area (Å²) in [7, 11) is 0. The van der Waals surface area contributed by atoms with Gasteiger partial charge in [-0.2, -0.15) is 0 Å². The lowest BCUT2D eigenvalue weighted by atomic mass is 10.0. The fraction of sp³-hybridized carbons (Fsp3) is 0.364. The van der Waals surface area contributed by atoms with Crippen molar-refractivity contribution in [3.8, 4) is 5.75 Å². The van der Waals surface area contributed by atoms with Crippen molar-refractivity contribution >= 4 is 17.5 Å². The summed E-state index contributed by atoms with van der Waals surface area (Å²) < 4.78 is 19.5. The highest BCUT2D eigenvalue weighted by Gasteiger charge is 2.29. The van der Waals surface area contributed by atoms with Crippen LogP contribution in [0.3, 0.4) is 0 Å². The number of para-hydroxylation sites is 2. The van der Waals surface area contributed by atoms with Gasteiger partial charge in [0.2, 0.25) is 11.8 Å². The first-order valence-corrected chi connectivity index (χ1v) is 9.69. The van der Waals surface area contributed by atoms with Crippen molar-refractivity contribution in [3.05, 3.63) is 59.9 Å². The minimum atomic E-state index is -0.372. The van der Waals surface area contributed by atoms with E-state index in [1.807, 2.05) is 24.3 Å². The minimum Gasteiger partial charge on any atom is -0.487 e. The third kappa shape index (κ3) is 3.86. The Labute approximate surface area is 163 Å². The summed E-state index contributed by atoms with van der Waals surface area (Å²) in [4.78, 5) is 28.5. The van der Waals surface area contributed by atoms with Gasteiger partial charge in [0.25, 0.3) is 0 Å². The lowest BCUT2D eigenvalue weighted by Crippen LogP contribution is -2.48. The van der Waals surface area contributed by atoms with Gasteiger partial charge in [-0.15, -0.1) is 0 Å². The van der Waals surface area contributed by atoms with Gasteiger partial charge in [0.1, 0.15) is 12.6 Å². The number of carbonyl (C=O) groups excluding carboxylic acids is 2. The number of aryl methyl sites for hydroxylation is 1. The first-order chi connectivity index (χ1) is 13.6. The number of carbonyl (C=O) groups is 2. The van der Waals surface area contributed by atoms with Gasteiger partial charge in [0.05, 0.1) is 0 Å². The van der Waals surface area contributed by atoms with Gasteiger partial charge in [-0.05, 0) is 30.2 Å². The highest BCUT2D eigenvalue weighted by Crippen LogP contribution is 2.28. The molecular weight excluding hydrogens is 359 g/mol. The summed E-state index contributed by atoms with van der Waals surface area (Å²) >= 11 is 0. The van der Waals surface area contributed by atoms with E-state index in [1.165, 1.54) is 6.07 Å². The molecule has 0 atom stereocenters. The highest BCUT2D eigenvalue weighted by atomic mass is 19.1. The lowest BCUT2D eigenvalue weighted by Gasteiger charge is -2.35. The first kappa shape index (κ1) is 18.5. The smallest absolute Gasteiger partial charge is 0.242 e. The van der Waals surface area contributed by atoms with Crippen LogP contribution in [0, 0.1) is 5.82 Å². The van der Waals surface area contributed by atoms with Crippen LogP contribution in [-0.4, -0.2) is 42.5 Å². The average molecular weight is 382 g/mol. The summed E-state index contributed by atoms with van der Waals surface area (Å²) in [6, 6.07) is 14.1. The summed E-state index contributed by atoms with van der Waals surface area (Å²) in [5.41, 5.74) is 1.94. The maximum Gasteiger partial charge on any atom is 0.242 e. The van der Waals surface area contributed by atoms with E-state index in [4.69, 9.17) is 4.74 Å². The zero-order valence-corrected chi connectivity index (χ0v) is 15.6. The van der Waals surface area contributed by atoms with Gasteiger partial charge in [-0.25, -0.2) is 4.39 Å². The van der Waals surface area contributed by atoms with Crippen LogP contribution in [0.4, 0.5) is 10.1 Å². The number of piperidine rings is 1. The van der Waals surface area contributed by atoms with Crippen LogP contribution in [0.15, 0.2) is 48.5 Å². The second kappa shape index (κ2) is 8.00. The topological polar surface area (TPSA) is 49.9 Å². The molecule has 1 fully saturated rings. The number of benzene rings is 2. The summed E-state index contributed by atoms with van der Waals surface area (Å²) in [6.07, 6.45) is 2.33. The van der Waals surface area contributed by atoms with Crippen LogP contribution in [0.2, 0.25) is 0 Å². The Kier molecular flexibility index (Phi) is 5.28. The number of hydrogen-bond acceptors (Lipinski definition) is 3. The fourth-order valence-corrected chi connectivity index (χ4v) is 3.85. The molecule has 2 aromatic carbocycles. The Hall–Kier alpha value is -2.89. The Morgan fingerprint density at radius 1 is 1.04 bits per heavy atom. The molecule has 2 aromatic rings. The Balaban J connectivity index is 1.35. The van der Waals surface area contributed by atoms with Crippen molar-refractivity contribution in [1.29, 1.82) is 0 Å². The maximum absolute atomic E-state index is 13.7. The molecule has 0 spiro atoms. The van der Waals surface area contributed by atoms with Gasteiger partial charge >= 0.3 is 0 Å². The molecule has 5 nitrogen and oxygen atoms in total. The average Bonchev–Trinajstić information content (AvgIpc) is 2.72. The molecule has 28 heavy (non-hydrogen) atoms. The second-order valence-corrected chi connectivity index (χ2v) is 7.24. The molecule has 0 aromatic heterocycles. The van der Waals surface area contributed by atoms with Crippen molar-refractivity contribution in [3.63, 3.8) is 0 Å². The van der Waals surface area contributed by atoms with Crippen LogP contribution >= 0.6 is 0 Å². The van der Waals surface area contributed by atoms with Crippen LogP contribution in [0.25, 0.3) is 0 Å². The zero-order chi connectivity index (χ0) is 19.5. The van der Waals surface area contributed by atoms with Crippen molar-refractivity contribution < 1.29 is 18.7 Å². The SMILES string of the molecule is O=C(CN1C(=O)CCc2ccccc21)N1CCC(Oc2ccccc2F)CC1. The molecule has 2 aliphatic heterocycles. The normalized spacial score (nSPS) is 17.4. The monoisotopic (exact) mass is 382 g/mol. The van der Waals surface area contributed by atoms with Gasteiger partial charge in [0.15, 0.2) is 11.6 Å². The molecule has 0 unspecified atom stereocenters. The Morgan fingerprint density at radius 3 is 2.54 bits per heavy atom. The van der Waals surface area contributed by atoms with Gasteiger partial charge < -0.3 is 14.5 Å².